The number of rotatable bonds is 13. The number of ether oxygens (including phenoxy) is 1. The van der Waals surface area contributed by atoms with Gasteiger partial charge < -0.3 is 14.9 Å². The number of hydrogen-bond donors (Lipinski definition) is 2. The van der Waals surface area contributed by atoms with Gasteiger partial charge in [-0.1, -0.05) is 128 Å². The van der Waals surface area contributed by atoms with E-state index in [1.807, 2.05) is 6.08 Å². The third-order valence-electron chi connectivity index (χ3n) is 10.6. The second-order valence-corrected chi connectivity index (χ2v) is 16.2. The largest absolute Gasteiger partial charge is 0.393 e. The molecule has 0 spiro atoms. The van der Waals surface area contributed by atoms with Crippen molar-refractivity contribution in [2.24, 2.45) is 40.4 Å². The minimum absolute atomic E-state index is 0.0143. The molecule has 0 aromatic carbocycles. The summed E-state index contributed by atoms with van der Waals surface area (Å²) >= 11 is 0. The van der Waals surface area contributed by atoms with Crippen molar-refractivity contribution in [2.45, 2.75) is 150 Å². The van der Waals surface area contributed by atoms with Gasteiger partial charge in [0.25, 0.3) is 0 Å². The summed E-state index contributed by atoms with van der Waals surface area (Å²) in [6.07, 6.45) is 24.9. The van der Waals surface area contributed by atoms with Crippen LogP contribution in [-0.4, -0.2) is 33.6 Å². The Kier molecular flexibility index (Phi) is 12.2. The highest BCUT2D eigenvalue weighted by Crippen LogP contribution is 2.66. The molecule has 3 heteroatoms. The van der Waals surface area contributed by atoms with Crippen LogP contribution in [0.15, 0.2) is 48.1 Å². The van der Waals surface area contributed by atoms with Gasteiger partial charge in [0, 0.05) is 23.7 Å². The zero-order chi connectivity index (χ0) is 32.1. The predicted molar refractivity (Wildman–Crippen MR) is 182 cm³/mol. The molecule has 1 saturated carbocycles. The van der Waals surface area contributed by atoms with Crippen molar-refractivity contribution in [1.82, 2.24) is 0 Å². The predicted octanol–water partition coefficient (Wildman–Crippen LogP) is 9.61. The molecular weight excluding hydrogens is 528 g/mol. The van der Waals surface area contributed by atoms with Gasteiger partial charge in [0.2, 0.25) is 0 Å². The molecule has 3 rings (SSSR count). The number of aliphatic hydroxyl groups excluding tert-OH is 2. The molecule has 0 aromatic rings. The summed E-state index contributed by atoms with van der Waals surface area (Å²) in [4.78, 5) is 0. The van der Waals surface area contributed by atoms with Gasteiger partial charge >= 0.3 is 0 Å². The van der Waals surface area contributed by atoms with Gasteiger partial charge in [-0.3, -0.25) is 0 Å². The lowest BCUT2D eigenvalue weighted by atomic mass is 9.63. The number of allylic oxidation sites excluding steroid dienone is 6. The second kappa shape index (κ2) is 14.7. The lowest BCUT2D eigenvalue weighted by Crippen LogP contribution is -2.46. The van der Waals surface area contributed by atoms with Crippen molar-refractivity contribution in [3.63, 3.8) is 0 Å². The summed E-state index contributed by atoms with van der Waals surface area (Å²) in [6.45, 7) is 22.4. The molecule has 2 N–H and O–H groups in total. The highest BCUT2D eigenvalue weighted by Gasteiger charge is 2.74. The quantitative estimate of drug-likeness (QED) is 0.127. The van der Waals surface area contributed by atoms with Crippen molar-refractivity contribution in [3.05, 3.63) is 48.1 Å². The van der Waals surface area contributed by atoms with Gasteiger partial charge in [-0.2, -0.15) is 0 Å². The average Bonchev–Trinajstić information content (AvgIpc) is 3.49. The van der Waals surface area contributed by atoms with Gasteiger partial charge in [-0.25, -0.2) is 0 Å². The van der Waals surface area contributed by atoms with Crippen LogP contribution < -0.4 is 0 Å². The number of epoxide rings is 1. The van der Waals surface area contributed by atoms with E-state index in [2.05, 4.69) is 118 Å². The summed E-state index contributed by atoms with van der Waals surface area (Å²) in [6, 6.07) is 0. The van der Waals surface area contributed by atoms with E-state index in [1.54, 1.807) is 0 Å². The van der Waals surface area contributed by atoms with Gasteiger partial charge in [-0.05, 0) is 75.5 Å². The van der Waals surface area contributed by atoms with Gasteiger partial charge in [0.15, 0.2) is 0 Å². The fraction of sp³-hybridized carbons (Fsp3) is 0.750. The van der Waals surface area contributed by atoms with E-state index in [4.69, 9.17) is 4.74 Å². The smallest absolute Gasteiger partial charge is 0.121 e. The summed E-state index contributed by atoms with van der Waals surface area (Å²) in [7, 11) is 0. The normalized spacial score (nSPS) is 34.3. The van der Waals surface area contributed by atoms with E-state index in [1.165, 1.54) is 31.3 Å². The van der Waals surface area contributed by atoms with Gasteiger partial charge in [-0.15, -0.1) is 0 Å². The Labute approximate surface area is 265 Å². The Bertz CT molecular complexity index is 1100. The Balaban J connectivity index is 1.31. The fourth-order valence-electron chi connectivity index (χ4n) is 7.98. The minimum atomic E-state index is -0.338. The maximum absolute atomic E-state index is 10.3. The van der Waals surface area contributed by atoms with Crippen LogP contribution in [0.5, 0.6) is 0 Å². The summed E-state index contributed by atoms with van der Waals surface area (Å²) in [5.74, 6) is 9.31. The van der Waals surface area contributed by atoms with Crippen LogP contribution in [0.4, 0.5) is 0 Å². The molecule has 9 atom stereocenters. The molecular formula is C40H64O3. The Morgan fingerprint density at radius 1 is 0.930 bits per heavy atom. The van der Waals surface area contributed by atoms with Crippen LogP contribution in [0, 0.1) is 52.3 Å². The Hall–Kier alpha value is -1.60. The zero-order valence-corrected chi connectivity index (χ0v) is 29.2. The van der Waals surface area contributed by atoms with E-state index in [9.17, 15) is 10.2 Å². The van der Waals surface area contributed by atoms with Crippen molar-refractivity contribution in [1.29, 1.82) is 0 Å². The van der Waals surface area contributed by atoms with Crippen molar-refractivity contribution in [3.8, 4) is 11.8 Å². The van der Waals surface area contributed by atoms with Crippen LogP contribution in [-0.2, 0) is 4.74 Å². The molecule has 242 valence electrons. The van der Waals surface area contributed by atoms with Crippen LogP contribution in [0.2, 0.25) is 0 Å². The molecule has 0 radical (unpaired) electrons. The molecule has 0 amide bonds. The number of fused-ring (bicyclic) bond motifs is 1. The molecule has 2 fully saturated rings. The molecule has 3 nitrogen and oxygen atoms in total. The lowest BCUT2D eigenvalue weighted by Gasteiger charge is -2.39. The standard InChI is InChI=1S/C40H64O3/c1-29(17-13-19-31(3)21-22-36-33(5)25-34(41)26-37(36,6)7)15-11-12-16-30(2)18-14-20-32(4)23-24-40-38(8,9)27-35(42)28-39(40,10)43-40/h11,13,15,17,23-25,29-32,34-36,41-42H,12,14,16,18-20,26-28H2,1-10H3/b15-11+,17-13+,24-23+/t29?,30?,31?,32?,34-,35+,36?,39-,40+/m1/s1. The molecule has 5 unspecified atom stereocenters. The Morgan fingerprint density at radius 3 is 2.30 bits per heavy atom. The molecule has 1 saturated heterocycles. The third-order valence-corrected chi connectivity index (χ3v) is 10.6. The maximum atomic E-state index is 10.3. The van der Waals surface area contributed by atoms with Crippen LogP contribution in [0.1, 0.15) is 127 Å². The molecule has 3 aliphatic rings. The van der Waals surface area contributed by atoms with Crippen LogP contribution in [0.25, 0.3) is 0 Å². The minimum Gasteiger partial charge on any atom is -0.393 e. The molecule has 1 aliphatic heterocycles. The number of hydrogen-bond acceptors (Lipinski definition) is 3. The summed E-state index contributed by atoms with van der Waals surface area (Å²) < 4.78 is 6.31. The molecule has 0 aromatic heterocycles. The highest BCUT2D eigenvalue weighted by molar-refractivity contribution is 5.32. The SMILES string of the molecule is CC1=C[C@@H](O)CC(C)(C)C1C#CC(C)C/C=C/C(C)/C=C/CCC(C)CCCC(C)/C=C/[C@@]12O[C@]1(C)C[C@@H](O)CC2(C)C. The molecule has 2 aliphatic carbocycles. The summed E-state index contributed by atoms with van der Waals surface area (Å²) in [5.41, 5.74) is 0.772. The average molecular weight is 593 g/mol. The molecule has 1 heterocycles. The Morgan fingerprint density at radius 2 is 1.63 bits per heavy atom. The monoisotopic (exact) mass is 592 g/mol. The zero-order valence-electron chi connectivity index (χ0n) is 29.2. The molecule has 0 bridgehead atoms. The van der Waals surface area contributed by atoms with E-state index in [0.29, 0.717) is 17.8 Å². The van der Waals surface area contributed by atoms with E-state index in [0.717, 1.165) is 38.0 Å². The maximum Gasteiger partial charge on any atom is 0.121 e. The van der Waals surface area contributed by atoms with Gasteiger partial charge in [0.05, 0.1) is 12.2 Å². The van der Waals surface area contributed by atoms with E-state index in [-0.39, 0.29) is 40.2 Å². The van der Waals surface area contributed by atoms with E-state index >= 15 is 0 Å². The first-order valence-electron chi connectivity index (χ1n) is 17.3. The van der Waals surface area contributed by atoms with Crippen LogP contribution >= 0.6 is 0 Å². The van der Waals surface area contributed by atoms with Crippen molar-refractivity contribution < 1.29 is 14.9 Å². The van der Waals surface area contributed by atoms with Gasteiger partial charge in [0.1, 0.15) is 11.2 Å². The molecule has 43 heavy (non-hydrogen) atoms. The summed E-state index contributed by atoms with van der Waals surface area (Å²) in [5, 5.41) is 20.3. The lowest BCUT2D eigenvalue weighted by molar-refractivity contribution is 0.0513. The van der Waals surface area contributed by atoms with Crippen LogP contribution in [0.3, 0.4) is 0 Å². The topological polar surface area (TPSA) is 53.0 Å². The fourth-order valence-corrected chi connectivity index (χ4v) is 7.98. The van der Waals surface area contributed by atoms with E-state index < -0.39 is 0 Å². The van der Waals surface area contributed by atoms with Crippen molar-refractivity contribution >= 4 is 0 Å². The first-order valence-corrected chi connectivity index (χ1v) is 17.3. The highest BCUT2D eigenvalue weighted by atomic mass is 16.6. The number of aliphatic hydroxyl groups is 2. The second-order valence-electron chi connectivity index (χ2n) is 16.2. The first kappa shape index (κ1) is 35.9. The third kappa shape index (κ3) is 9.45. The van der Waals surface area contributed by atoms with Crippen molar-refractivity contribution in [2.75, 3.05) is 0 Å². The first-order chi connectivity index (χ1) is 20.0.